The molecule has 2 rings (SSSR count). The molecule has 0 saturated carbocycles. The van der Waals surface area contributed by atoms with Gasteiger partial charge in [-0.3, -0.25) is 4.90 Å². The Bertz CT molecular complexity index is 256. The van der Waals surface area contributed by atoms with Crippen LogP contribution in [0.25, 0.3) is 0 Å². The van der Waals surface area contributed by atoms with Gasteiger partial charge in [-0.2, -0.15) is 0 Å². The van der Waals surface area contributed by atoms with Gasteiger partial charge in [0.25, 0.3) is 0 Å². The van der Waals surface area contributed by atoms with Crippen molar-refractivity contribution < 1.29 is 4.42 Å². The standard InChI is InChI=1S/C11H18N2O.ClH/c1-12-10-4-6-13(7-5-10)9-11-3-2-8-14-11;/h2-3,8,10,12H,4-7,9H2,1H3;1H. The Balaban J connectivity index is 0.00000112. The van der Waals surface area contributed by atoms with Crippen LogP contribution in [0.4, 0.5) is 0 Å². The third-order valence-electron chi connectivity index (χ3n) is 2.96. The van der Waals surface area contributed by atoms with E-state index >= 15 is 0 Å². The summed E-state index contributed by atoms with van der Waals surface area (Å²) < 4.78 is 5.33. The summed E-state index contributed by atoms with van der Waals surface area (Å²) >= 11 is 0. The first-order valence-corrected chi connectivity index (χ1v) is 5.30. The summed E-state index contributed by atoms with van der Waals surface area (Å²) in [5.74, 6) is 1.08. The maximum atomic E-state index is 5.33. The first-order valence-electron chi connectivity index (χ1n) is 5.30. The fraction of sp³-hybridized carbons (Fsp3) is 0.636. The highest BCUT2D eigenvalue weighted by atomic mass is 35.5. The average Bonchev–Trinajstić information content (AvgIpc) is 2.72. The Kier molecular flexibility index (Phi) is 5.15. The van der Waals surface area contributed by atoms with Gasteiger partial charge in [0.2, 0.25) is 0 Å². The fourth-order valence-corrected chi connectivity index (χ4v) is 2.00. The molecule has 1 saturated heterocycles. The summed E-state index contributed by atoms with van der Waals surface area (Å²) in [7, 11) is 2.05. The van der Waals surface area contributed by atoms with Crippen molar-refractivity contribution in [3.63, 3.8) is 0 Å². The Morgan fingerprint density at radius 3 is 2.73 bits per heavy atom. The Morgan fingerprint density at radius 2 is 2.20 bits per heavy atom. The Hall–Kier alpha value is -0.510. The largest absolute Gasteiger partial charge is 0.468 e. The van der Waals surface area contributed by atoms with E-state index in [4.69, 9.17) is 4.42 Å². The van der Waals surface area contributed by atoms with Crippen molar-refractivity contribution in [2.24, 2.45) is 0 Å². The second kappa shape index (κ2) is 6.16. The molecule has 2 heterocycles. The second-order valence-electron chi connectivity index (χ2n) is 3.92. The zero-order valence-corrected chi connectivity index (χ0v) is 9.93. The lowest BCUT2D eigenvalue weighted by Gasteiger charge is -2.30. The molecule has 0 spiro atoms. The van der Waals surface area contributed by atoms with Crippen LogP contribution in [0, 0.1) is 0 Å². The minimum absolute atomic E-state index is 0. The summed E-state index contributed by atoms with van der Waals surface area (Å²) in [4.78, 5) is 2.45. The molecule has 0 aliphatic carbocycles. The second-order valence-corrected chi connectivity index (χ2v) is 3.92. The van der Waals surface area contributed by atoms with Gasteiger partial charge in [-0.25, -0.2) is 0 Å². The van der Waals surface area contributed by atoms with Crippen molar-refractivity contribution >= 4 is 12.4 Å². The van der Waals surface area contributed by atoms with Crippen molar-refractivity contribution in [2.45, 2.75) is 25.4 Å². The van der Waals surface area contributed by atoms with Crippen LogP contribution >= 0.6 is 12.4 Å². The molecule has 3 nitrogen and oxygen atoms in total. The van der Waals surface area contributed by atoms with Gasteiger partial charge in [0, 0.05) is 19.1 Å². The maximum Gasteiger partial charge on any atom is 0.117 e. The average molecular weight is 231 g/mol. The number of rotatable bonds is 3. The molecule has 1 N–H and O–H groups in total. The van der Waals surface area contributed by atoms with Crippen LogP contribution in [0.2, 0.25) is 0 Å². The summed E-state index contributed by atoms with van der Waals surface area (Å²) in [6.07, 6.45) is 4.24. The van der Waals surface area contributed by atoms with E-state index in [0.717, 1.165) is 12.3 Å². The van der Waals surface area contributed by atoms with E-state index in [2.05, 4.69) is 10.2 Å². The molecule has 0 unspecified atom stereocenters. The van der Waals surface area contributed by atoms with Gasteiger partial charge < -0.3 is 9.73 Å². The van der Waals surface area contributed by atoms with Crippen LogP contribution in [0.5, 0.6) is 0 Å². The molecular formula is C11H19ClN2O. The van der Waals surface area contributed by atoms with Crippen LogP contribution in [-0.2, 0) is 6.54 Å². The molecule has 15 heavy (non-hydrogen) atoms. The van der Waals surface area contributed by atoms with Gasteiger partial charge in [0.1, 0.15) is 5.76 Å². The van der Waals surface area contributed by atoms with Crippen LogP contribution in [0.3, 0.4) is 0 Å². The van der Waals surface area contributed by atoms with Crippen molar-refractivity contribution in [1.82, 2.24) is 10.2 Å². The van der Waals surface area contributed by atoms with E-state index in [1.807, 2.05) is 19.2 Å². The quantitative estimate of drug-likeness (QED) is 0.860. The molecule has 1 aromatic heterocycles. The van der Waals surface area contributed by atoms with Gasteiger partial charge in [0.15, 0.2) is 0 Å². The molecule has 0 radical (unpaired) electrons. The van der Waals surface area contributed by atoms with E-state index < -0.39 is 0 Å². The van der Waals surface area contributed by atoms with Gasteiger partial charge in [-0.1, -0.05) is 0 Å². The summed E-state index contributed by atoms with van der Waals surface area (Å²) in [6, 6.07) is 4.71. The van der Waals surface area contributed by atoms with Crippen molar-refractivity contribution in [1.29, 1.82) is 0 Å². The highest BCUT2D eigenvalue weighted by Gasteiger charge is 2.17. The van der Waals surface area contributed by atoms with E-state index in [1.165, 1.54) is 25.9 Å². The number of nitrogens with one attached hydrogen (secondary N) is 1. The van der Waals surface area contributed by atoms with Crippen molar-refractivity contribution in [3.8, 4) is 0 Å². The molecule has 1 aromatic rings. The third kappa shape index (κ3) is 3.52. The predicted molar refractivity (Wildman–Crippen MR) is 63.3 cm³/mol. The highest BCUT2D eigenvalue weighted by Crippen LogP contribution is 2.13. The zero-order chi connectivity index (χ0) is 9.80. The van der Waals surface area contributed by atoms with Gasteiger partial charge in [-0.15, -0.1) is 12.4 Å². The maximum absolute atomic E-state index is 5.33. The third-order valence-corrected chi connectivity index (χ3v) is 2.96. The first kappa shape index (κ1) is 12.6. The zero-order valence-electron chi connectivity index (χ0n) is 9.11. The fourth-order valence-electron chi connectivity index (χ4n) is 2.00. The minimum atomic E-state index is 0. The molecule has 1 fully saturated rings. The summed E-state index contributed by atoms with van der Waals surface area (Å²) in [5, 5.41) is 3.33. The van der Waals surface area contributed by atoms with Gasteiger partial charge in [0.05, 0.1) is 12.8 Å². The normalized spacial score (nSPS) is 18.7. The highest BCUT2D eigenvalue weighted by molar-refractivity contribution is 5.85. The summed E-state index contributed by atoms with van der Waals surface area (Å²) in [5.41, 5.74) is 0. The number of piperidine rings is 1. The Morgan fingerprint density at radius 1 is 1.47 bits per heavy atom. The lowest BCUT2D eigenvalue weighted by Crippen LogP contribution is -2.40. The van der Waals surface area contributed by atoms with Gasteiger partial charge in [-0.05, 0) is 32.0 Å². The smallest absolute Gasteiger partial charge is 0.117 e. The number of halogens is 1. The lowest BCUT2D eigenvalue weighted by atomic mass is 10.1. The predicted octanol–water partition coefficient (Wildman–Crippen LogP) is 1.89. The molecule has 0 aromatic carbocycles. The van der Waals surface area contributed by atoms with Crippen LogP contribution in [0.1, 0.15) is 18.6 Å². The topological polar surface area (TPSA) is 28.4 Å². The number of hydrogen-bond donors (Lipinski definition) is 1. The number of nitrogens with zero attached hydrogens (tertiary/aromatic N) is 1. The lowest BCUT2D eigenvalue weighted by molar-refractivity contribution is 0.182. The molecule has 1 aliphatic heterocycles. The molecule has 0 atom stereocenters. The number of furan rings is 1. The molecule has 0 amide bonds. The molecular weight excluding hydrogens is 212 g/mol. The van der Waals surface area contributed by atoms with E-state index in [0.29, 0.717) is 6.04 Å². The molecule has 4 heteroatoms. The molecule has 86 valence electrons. The summed E-state index contributed by atoms with van der Waals surface area (Å²) in [6.45, 7) is 3.31. The van der Waals surface area contributed by atoms with Crippen LogP contribution in [0.15, 0.2) is 22.8 Å². The van der Waals surface area contributed by atoms with E-state index in [9.17, 15) is 0 Å². The van der Waals surface area contributed by atoms with Crippen molar-refractivity contribution in [3.05, 3.63) is 24.2 Å². The molecule has 1 aliphatic rings. The van der Waals surface area contributed by atoms with E-state index in [-0.39, 0.29) is 12.4 Å². The van der Waals surface area contributed by atoms with E-state index in [1.54, 1.807) is 6.26 Å². The number of likely N-dealkylation sites (tertiary alicyclic amines) is 1. The Labute approximate surface area is 97.2 Å². The van der Waals surface area contributed by atoms with Gasteiger partial charge >= 0.3 is 0 Å². The monoisotopic (exact) mass is 230 g/mol. The van der Waals surface area contributed by atoms with Crippen LogP contribution < -0.4 is 5.32 Å². The minimum Gasteiger partial charge on any atom is -0.468 e. The van der Waals surface area contributed by atoms with Crippen molar-refractivity contribution in [2.75, 3.05) is 20.1 Å². The number of hydrogen-bond acceptors (Lipinski definition) is 3. The SMILES string of the molecule is CNC1CCN(Cc2ccco2)CC1.Cl. The first-order chi connectivity index (χ1) is 6.88. The van der Waals surface area contributed by atoms with Crippen LogP contribution in [-0.4, -0.2) is 31.1 Å². The molecule has 0 bridgehead atoms.